The summed E-state index contributed by atoms with van der Waals surface area (Å²) < 4.78 is 5.44. The molecule has 1 aliphatic rings. The van der Waals surface area contributed by atoms with Crippen molar-refractivity contribution in [2.45, 2.75) is 45.2 Å². The molecule has 2 aromatic rings. The molecular weight excluding hydrogens is 408 g/mol. The number of hydrogen-bond donors (Lipinski definition) is 3. The predicted molar refractivity (Wildman–Crippen MR) is 121 cm³/mol. The van der Waals surface area contributed by atoms with E-state index in [1.807, 2.05) is 50.2 Å². The highest BCUT2D eigenvalue weighted by Crippen LogP contribution is 2.44. The lowest BCUT2D eigenvalue weighted by Crippen LogP contribution is -2.50. The number of nitrogens with one attached hydrogen (secondary N) is 2. The molecule has 0 aliphatic heterocycles. The quantitative estimate of drug-likeness (QED) is 0.546. The van der Waals surface area contributed by atoms with E-state index in [2.05, 4.69) is 22.8 Å². The third kappa shape index (κ3) is 5.35. The van der Waals surface area contributed by atoms with Crippen molar-refractivity contribution in [2.24, 2.45) is 0 Å². The van der Waals surface area contributed by atoms with Crippen molar-refractivity contribution in [3.05, 3.63) is 71.3 Å². The van der Waals surface area contributed by atoms with Crippen LogP contribution in [-0.4, -0.2) is 41.8 Å². The maximum absolute atomic E-state index is 12.4. The third-order valence-corrected chi connectivity index (χ3v) is 5.45. The number of carboxylic acids is 1. The number of hydrogen-bond acceptors (Lipinski definition) is 4. The topological polar surface area (TPSA) is 105 Å². The van der Waals surface area contributed by atoms with E-state index in [4.69, 9.17) is 4.74 Å². The smallest absolute Gasteiger partial charge is 0.407 e. The van der Waals surface area contributed by atoms with Gasteiger partial charge in [-0.15, -0.1) is 0 Å². The van der Waals surface area contributed by atoms with Crippen LogP contribution >= 0.6 is 0 Å². The molecule has 0 aromatic heterocycles. The molecule has 0 heterocycles. The first-order chi connectivity index (χ1) is 15.3. The van der Waals surface area contributed by atoms with Crippen molar-refractivity contribution in [3.8, 4) is 11.1 Å². The molecule has 2 aromatic carbocycles. The molecule has 0 saturated heterocycles. The summed E-state index contributed by atoms with van der Waals surface area (Å²) >= 11 is 0. The zero-order valence-corrected chi connectivity index (χ0v) is 18.4. The largest absolute Gasteiger partial charge is 0.480 e. The van der Waals surface area contributed by atoms with Crippen LogP contribution in [-0.2, 0) is 14.3 Å². The molecule has 0 radical (unpaired) electrons. The molecule has 1 aliphatic carbocycles. The fraction of sp³-hybridized carbons (Fsp3) is 0.320. The molecule has 0 bridgehead atoms. The Hall–Kier alpha value is -3.61. The van der Waals surface area contributed by atoms with E-state index in [9.17, 15) is 19.5 Å². The van der Waals surface area contributed by atoms with E-state index in [-0.39, 0.29) is 18.9 Å². The van der Waals surface area contributed by atoms with Crippen molar-refractivity contribution in [1.29, 1.82) is 0 Å². The Morgan fingerprint density at radius 3 is 2.09 bits per heavy atom. The number of carbonyl (C=O) groups excluding carboxylic acids is 2. The van der Waals surface area contributed by atoms with Gasteiger partial charge in [-0.25, -0.2) is 9.59 Å². The Labute approximate surface area is 187 Å². The maximum atomic E-state index is 12.4. The van der Waals surface area contributed by atoms with Crippen molar-refractivity contribution < 1.29 is 24.2 Å². The minimum absolute atomic E-state index is 0.0854. The number of benzene rings is 2. The van der Waals surface area contributed by atoms with Gasteiger partial charge in [0.1, 0.15) is 18.7 Å². The molecule has 3 N–H and O–H groups in total. The second-order valence-electron chi connectivity index (χ2n) is 8.11. The van der Waals surface area contributed by atoms with Crippen LogP contribution in [0.25, 0.3) is 11.1 Å². The zero-order valence-electron chi connectivity index (χ0n) is 18.4. The van der Waals surface area contributed by atoms with Gasteiger partial charge < -0.3 is 20.5 Å². The fourth-order valence-corrected chi connectivity index (χ4v) is 3.75. The average Bonchev–Trinajstić information content (AvgIpc) is 3.08. The van der Waals surface area contributed by atoms with Crippen LogP contribution < -0.4 is 10.6 Å². The minimum atomic E-state index is -1.14. The van der Waals surface area contributed by atoms with Gasteiger partial charge in [0.05, 0.1) is 0 Å². The van der Waals surface area contributed by atoms with E-state index < -0.39 is 30.1 Å². The number of allylic oxidation sites excluding steroid dienone is 1. The summed E-state index contributed by atoms with van der Waals surface area (Å²) in [7, 11) is 0. The summed E-state index contributed by atoms with van der Waals surface area (Å²) in [6.07, 6.45) is 1.18. The van der Waals surface area contributed by atoms with Crippen molar-refractivity contribution in [3.63, 3.8) is 0 Å². The van der Waals surface area contributed by atoms with E-state index in [1.165, 1.54) is 6.92 Å². The normalized spacial score (nSPS) is 13.8. The Morgan fingerprint density at radius 2 is 1.56 bits per heavy atom. The first-order valence-electron chi connectivity index (χ1n) is 10.6. The Balaban J connectivity index is 1.57. The molecule has 3 rings (SSSR count). The van der Waals surface area contributed by atoms with Crippen LogP contribution in [0.15, 0.2) is 60.2 Å². The van der Waals surface area contributed by atoms with Gasteiger partial charge in [0, 0.05) is 5.92 Å². The summed E-state index contributed by atoms with van der Waals surface area (Å²) in [6, 6.07) is 14.0. The Bertz CT molecular complexity index is 997. The highest BCUT2D eigenvalue weighted by atomic mass is 16.5. The maximum Gasteiger partial charge on any atom is 0.407 e. The lowest BCUT2D eigenvalue weighted by molar-refractivity contribution is -0.141. The standard InChI is InChI=1S/C25H28N2O5/c1-15(2)12-13-22(24(29)30)27-23(28)16(3)26-25(31)32-14-21-19-10-6-4-8-17(19)18-9-5-7-11-20(18)21/h4-12,16,21-22H,13-14H2,1-3H3,(H,26,31)(H,27,28)(H,29,30)/t16-,22?/m0/s1. The lowest BCUT2D eigenvalue weighted by Gasteiger charge is -2.19. The van der Waals surface area contributed by atoms with Gasteiger partial charge in [0.25, 0.3) is 0 Å². The predicted octanol–water partition coefficient (Wildman–Crippen LogP) is 3.84. The third-order valence-electron chi connectivity index (χ3n) is 5.45. The molecule has 0 saturated carbocycles. The van der Waals surface area contributed by atoms with E-state index in [0.717, 1.165) is 27.8 Å². The van der Waals surface area contributed by atoms with Crippen LogP contribution in [0, 0.1) is 0 Å². The number of fused-ring (bicyclic) bond motifs is 3. The summed E-state index contributed by atoms with van der Waals surface area (Å²) in [5.41, 5.74) is 5.39. The van der Waals surface area contributed by atoms with E-state index in [0.29, 0.717) is 0 Å². The van der Waals surface area contributed by atoms with Crippen LogP contribution in [0.5, 0.6) is 0 Å². The summed E-state index contributed by atoms with van der Waals surface area (Å²) in [5.74, 6) is -1.81. The number of carbonyl (C=O) groups is 3. The minimum Gasteiger partial charge on any atom is -0.480 e. The Morgan fingerprint density at radius 1 is 1.00 bits per heavy atom. The SMILES string of the molecule is CC(C)=CCC(NC(=O)[C@H](C)NC(=O)OCC1c2ccccc2-c2ccccc21)C(=O)O. The van der Waals surface area contributed by atoms with Crippen molar-refractivity contribution >= 4 is 18.0 Å². The highest BCUT2D eigenvalue weighted by Gasteiger charge is 2.29. The molecule has 1 unspecified atom stereocenters. The van der Waals surface area contributed by atoms with Gasteiger partial charge in [0.15, 0.2) is 0 Å². The molecule has 0 fully saturated rings. The molecule has 7 nitrogen and oxygen atoms in total. The number of carboxylic acid groups (broad SMARTS) is 1. The van der Waals surface area contributed by atoms with Gasteiger partial charge in [-0.2, -0.15) is 0 Å². The van der Waals surface area contributed by atoms with Gasteiger partial charge in [-0.1, -0.05) is 60.2 Å². The van der Waals surface area contributed by atoms with Crippen molar-refractivity contribution in [2.75, 3.05) is 6.61 Å². The van der Waals surface area contributed by atoms with Crippen LogP contribution in [0.2, 0.25) is 0 Å². The molecule has 0 spiro atoms. The summed E-state index contributed by atoms with van der Waals surface area (Å²) in [5, 5.41) is 14.2. The number of alkyl carbamates (subject to hydrolysis) is 1. The van der Waals surface area contributed by atoms with Crippen LogP contribution in [0.3, 0.4) is 0 Å². The zero-order chi connectivity index (χ0) is 23.3. The van der Waals surface area contributed by atoms with Crippen LogP contribution in [0.1, 0.15) is 44.2 Å². The monoisotopic (exact) mass is 436 g/mol. The highest BCUT2D eigenvalue weighted by molar-refractivity contribution is 5.89. The van der Waals surface area contributed by atoms with Gasteiger partial charge in [0.2, 0.25) is 5.91 Å². The molecule has 2 atom stereocenters. The summed E-state index contributed by atoms with van der Waals surface area (Å²) in [4.78, 5) is 36.1. The van der Waals surface area contributed by atoms with Gasteiger partial charge in [-0.05, 0) is 49.4 Å². The second-order valence-corrected chi connectivity index (χ2v) is 8.11. The van der Waals surface area contributed by atoms with E-state index in [1.54, 1.807) is 6.08 Å². The number of amides is 2. The van der Waals surface area contributed by atoms with E-state index >= 15 is 0 Å². The second kappa shape index (κ2) is 10.1. The van der Waals surface area contributed by atoms with Gasteiger partial charge >= 0.3 is 12.1 Å². The van der Waals surface area contributed by atoms with Gasteiger partial charge in [-0.3, -0.25) is 4.79 Å². The first kappa shape index (κ1) is 23.1. The van der Waals surface area contributed by atoms with Crippen LogP contribution in [0.4, 0.5) is 4.79 Å². The first-order valence-corrected chi connectivity index (χ1v) is 10.6. The molecule has 32 heavy (non-hydrogen) atoms. The number of ether oxygens (including phenoxy) is 1. The molecule has 168 valence electrons. The number of rotatable bonds is 8. The lowest BCUT2D eigenvalue weighted by atomic mass is 9.98. The molecule has 7 heteroatoms. The average molecular weight is 437 g/mol. The molecule has 2 amide bonds. The summed E-state index contributed by atoms with van der Waals surface area (Å²) in [6.45, 7) is 5.31. The number of aliphatic carboxylic acids is 1. The molecular formula is C25H28N2O5. The fourth-order valence-electron chi connectivity index (χ4n) is 3.75. The Kier molecular flexibility index (Phi) is 7.30. The van der Waals surface area contributed by atoms with Crippen molar-refractivity contribution in [1.82, 2.24) is 10.6 Å².